The van der Waals surface area contributed by atoms with Gasteiger partial charge < -0.3 is 14.5 Å². The van der Waals surface area contributed by atoms with Gasteiger partial charge in [-0.05, 0) is 0 Å². The van der Waals surface area contributed by atoms with Crippen LogP contribution in [0.1, 0.15) is 22.4 Å². The van der Waals surface area contributed by atoms with E-state index in [2.05, 4.69) is 19.4 Å². The molecular formula is C7H10N2O4. The number of hydrogen-bond donors (Lipinski definition) is 1. The van der Waals surface area contributed by atoms with E-state index >= 15 is 0 Å². The zero-order chi connectivity index (χ0) is 9.84. The van der Waals surface area contributed by atoms with Crippen molar-refractivity contribution in [2.45, 2.75) is 0 Å². The molecule has 0 bridgehead atoms. The van der Waals surface area contributed by atoms with Crippen LogP contribution < -0.4 is 0 Å². The topological polar surface area (TPSA) is 81.3 Å². The number of H-pyrrole nitrogens is 1. The summed E-state index contributed by atoms with van der Waals surface area (Å²) in [5, 5.41) is 0. The SMILES string of the molecule is COC(=O)c1nc[nH]c1C(=O)OC.[HH]. The van der Waals surface area contributed by atoms with Gasteiger partial charge in [0.2, 0.25) is 0 Å². The first-order valence-electron chi connectivity index (χ1n) is 3.40. The van der Waals surface area contributed by atoms with Gasteiger partial charge in [0, 0.05) is 1.43 Å². The van der Waals surface area contributed by atoms with Crippen LogP contribution in [0.15, 0.2) is 6.33 Å². The molecule has 0 saturated carbocycles. The molecule has 72 valence electrons. The summed E-state index contributed by atoms with van der Waals surface area (Å²) < 4.78 is 8.81. The highest BCUT2D eigenvalue weighted by molar-refractivity contribution is 6.00. The Hall–Kier alpha value is -1.85. The smallest absolute Gasteiger partial charge is 0.359 e. The molecule has 0 aliphatic carbocycles. The number of carbonyl (C=O) groups excluding carboxylic acids is 2. The number of rotatable bonds is 2. The third-order valence-electron chi connectivity index (χ3n) is 1.41. The first-order valence-corrected chi connectivity index (χ1v) is 3.40. The molecule has 0 radical (unpaired) electrons. The van der Waals surface area contributed by atoms with Crippen LogP contribution in [0.5, 0.6) is 0 Å². The van der Waals surface area contributed by atoms with Crippen molar-refractivity contribution in [3.05, 3.63) is 17.7 Å². The predicted molar refractivity (Wildman–Crippen MR) is 43.4 cm³/mol. The van der Waals surface area contributed by atoms with Crippen molar-refractivity contribution in [1.29, 1.82) is 0 Å². The minimum absolute atomic E-state index is 0. The quantitative estimate of drug-likeness (QED) is 0.668. The number of methoxy groups -OCH3 is 2. The summed E-state index contributed by atoms with van der Waals surface area (Å²) in [4.78, 5) is 28.1. The van der Waals surface area contributed by atoms with Crippen molar-refractivity contribution >= 4 is 11.9 Å². The summed E-state index contributed by atoms with van der Waals surface area (Å²) in [6.45, 7) is 0. The number of imidazole rings is 1. The molecular weight excluding hydrogens is 176 g/mol. The van der Waals surface area contributed by atoms with Gasteiger partial charge in [0.1, 0.15) is 0 Å². The number of hydrogen-bond acceptors (Lipinski definition) is 5. The molecule has 0 aliphatic heterocycles. The van der Waals surface area contributed by atoms with E-state index in [4.69, 9.17) is 0 Å². The average Bonchev–Trinajstić information content (AvgIpc) is 2.63. The number of nitrogens with zero attached hydrogens (tertiary/aromatic N) is 1. The fourth-order valence-corrected chi connectivity index (χ4v) is 0.803. The molecule has 0 fully saturated rings. The van der Waals surface area contributed by atoms with Crippen molar-refractivity contribution in [3.8, 4) is 0 Å². The van der Waals surface area contributed by atoms with Gasteiger partial charge in [-0.1, -0.05) is 0 Å². The van der Waals surface area contributed by atoms with Crippen LogP contribution in [0.4, 0.5) is 0 Å². The van der Waals surface area contributed by atoms with Gasteiger partial charge in [-0.2, -0.15) is 0 Å². The molecule has 6 heteroatoms. The second kappa shape index (κ2) is 3.70. The van der Waals surface area contributed by atoms with Crippen LogP contribution in [-0.2, 0) is 9.47 Å². The van der Waals surface area contributed by atoms with E-state index in [0.717, 1.165) is 0 Å². The molecule has 1 heterocycles. The Kier molecular flexibility index (Phi) is 2.63. The third-order valence-corrected chi connectivity index (χ3v) is 1.41. The van der Waals surface area contributed by atoms with Crippen LogP contribution >= 0.6 is 0 Å². The highest BCUT2D eigenvalue weighted by atomic mass is 16.5. The summed E-state index contributed by atoms with van der Waals surface area (Å²) in [6, 6.07) is 0. The van der Waals surface area contributed by atoms with Crippen molar-refractivity contribution in [1.82, 2.24) is 9.97 Å². The molecule has 1 aromatic heterocycles. The first-order chi connectivity index (χ1) is 6.20. The standard InChI is InChI=1S/C7H8N2O4.H2/c1-12-6(10)4-5(7(11)13-2)9-3-8-4;/h3H,1-2H3,(H,8,9);1H. The summed E-state index contributed by atoms with van der Waals surface area (Å²) in [5.41, 5.74) is -0.0799. The van der Waals surface area contributed by atoms with Crippen molar-refractivity contribution < 1.29 is 20.5 Å². The Morgan fingerprint density at radius 1 is 1.38 bits per heavy atom. The fraction of sp³-hybridized carbons (Fsp3) is 0.286. The second-order valence-corrected chi connectivity index (χ2v) is 2.11. The minimum atomic E-state index is -0.679. The molecule has 0 spiro atoms. The van der Waals surface area contributed by atoms with Gasteiger partial charge in [0.25, 0.3) is 0 Å². The van der Waals surface area contributed by atoms with E-state index in [-0.39, 0.29) is 12.8 Å². The van der Waals surface area contributed by atoms with Crippen LogP contribution in [0.25, 0.3) is 0 Å². The largest absolute Gasteiger partial charge is 0.464 e. The monoisotopic (exact) mass is 186 g/mol. The summed E-state index contributed by atoms with van der Waals surface area (Å²) in [5.74, 6) is -1.33. The highest BCUT2D eigenvalue weighted by Gasteiger charge is 2.20. The lowest BCUT2D eigenvalue weighted by molar-refractivity contribution is 0.0548. The number of ether oxygens (including phenoxy) is 2. The number of aromatic nitrogens is 2. The van der Waals surface area contributed by atoms with E-state index in [1.165, 1.54) is 20.5 Å². The lowest BCUT2D eigenvalue weighted by atomic mass is 10.3. The van der Waals surface area contributed by atoms with Gasteiger partial charge in [-0.25, -0.2) is 14.6 Å². The minimum Gasteiger partial charge on any atom is -0.464 e. The van der Waals surface area contributed by atoms with E-state index in [0.29, 0.717) is 0 Å². The predicted octanol–water partition coefficient (Wildman–Crippen LogP) is 0.229. The zero-order valence-corrected chi connectivity index (χ0v) is 7.16. The maximum Gasteiger partial charge on any atom is 0.359 e. The molecule has 0 saturated heterocycles. The number of esters is 2. The van der Waals surface area contributed by atoms with Crippen LogP contribution in [0.3, 0.4) is 0 Å². The number of carbonyl (C=O) groups is 2. The first kappa shape index (κ1) is 9.24. The fourth-order valence-electron chi connectivity index (χ4n) is 0.803. The summed E-state index contributed by atoms with van der Waals surface area (Å²) in [6.07, 6.45) is 1.22. The molecule has 1 N–H and O–H groups in total. The lowest BCUT2D eigenvalue weighted by Gasteiger charge is -1.98. The average molecular weight is 186 g/mol. The van der Waals surface area contributed by atoms with Gasteiger partial charge in [0.15, 0.2) is 11.4 Å². The van der Waals surface area contributed by atoms with Crippen LogP contribution in [0.2, 0.25) is 0 Å². The molecule has 13 heavy (non-hydrogen) atoms. The van der Waals surface area contributed by atoms with Crippen molar-refractivity contribution in [3.63, 3.8) is 0 Å². The molecule has 0 atom stereocenters. The molecule has 1 aromatic rings. The summed E-state index contributed by atoms with van der Waals surface area (Å²) in [7, 11) is 2.42. The Morgan fingerprint density at radius 2 is 2.00 bits per heavy atom. The number of aromatic amines is 1. The Morgan fingerprint density at radius 3 is 2.54 bits per heavy atom. The van der Waals surface area contributed by atoms with E-state index in [1.54, 1.807) is 0 Å². The maximum absolute atomic E-state index is 11.0. The van der Waals surface area contributed by atoms with Gasteiger partial charge >= 0.3 is 11.9 Å². The second-order valence-electron chi connectivity index (χ2n) is 2.11. The third kappa shape index (κ3) is 1.66. The lowest BCUT2D eigenvalue weighted by Crippen LogP contribution is -2.11. The Labute approximate surface area is 75.4 Å². The van der Waals surface area contributed by atoms with E-state index < -0.39 is 11.9 Å². The molecule has 0 aliphatic rings. The van der Waals surface area contributed by atoms with Gasteiger partial charge in [-0.15, -0.1) is 0 Å². The molecule has 6 nitrogen and oxygen atoms in total. The van der Waals surface area contributed by atoms with Crippen molar-refractivity contribution in [2.24, 2.45) is 0 Å². The molecule has 0 unspecified atom stereocenters. The summed E-state index contributed by atoms with van der Waals surface area (Å²) >= 11 is 0. The van der Waals surface area contributed by atoms with Crippen molar-refractivity contribution in [2.75, 3.05) is 14.2 Å². The Bertz CT molecular complexity index is 306. The molecule has 1 rings (SSSR count). The normalized spacial score (nSPS) is 9.38. The van der Waals surface area contributed by atoms with Gasteiger partial charge in [0.05, 0.1) is 20.5 Å². The molecule has 0 aromatic carbocycles. The maximum atomic E-state index is 11.0. The van der Waals surface area contributed by atoms with Crippen LogP contribution in [-0.4, -0.2) is 36.1 Å². The molecule has 0 amide bonds. The zero-order valence-electron chi connectivity index (χ0n) is 7.16. The van der Waals surface area contributed by atoms with E-state index in [1.807, 2.05) is 0 Å². The highest BCUT2D eigenvalue weighted by Crippen LogP contribution is 2.05. The van der Waals surface area contributed by atoms with E-state index in [9.17, 15) is 9.59 Å². The van der Waals surface area contributed by atoms with Gasteiger partial charge in [-0.3, -0.25) is 0 Å². The number of nitrogens with one attached hydrogen (secondary N) is 1. The van der Waals surface area contributed by atoms with Crippen LogP contribution in [0, 0.1) is 0 Å². The Balaban J connectivity index is 0.00000169.